The van der Waals surface area contributed by atoms with Gasteiger partial charge in [-0.15, -0.1) is 11.3 Å². The number of carbonyl (C=O) groups is 2. The molecular weight excluding hydrogens is 502 g/mol. The number of fused-ring (bicyclic) bond motifs is 1. The molecule has 3 N–H and O–H groups in total. The number of aryl methyl sites for hydroxylation is 2. The minimum Gasteiger partial charge on any atom is -0.468 e. The van der Waals surface area contributed by atoms with Gasteiger partial charge in [-0.3, -0.25) is 18.9 Å². The lowest BCUT2D eigenvalue weighted by atomic mass is 9.97. The predicted octanol–water partition coefficient (Wildman–Crippen LogP) is 3.28. The number of nitrogens with one attached hydrogen (secondary N) is 2. The predicted molar refractivity (Wildman–Crippen MR) is 136 cm³/mol. The van der Waals surface area contributed by atoms with Crippen LogP contribution in [-0.4, -0.2) is 36.9 Å². The maximum Gasteiger partial charge on any atom is 0.357 e. The van der Waals surface area contributed by atoms with Gasteiger partial charge in [0.25, 0.3) is 0 Å². The second kappa shape index (κ2) is 11.2. The van der Waals surface area contributed by atoms with Crippen molar-refractivity contribution in [1.82, 2.24) is 10.3 Å². The zero-order valence-corrected chi connectivity index (χ0v) is 21.3. The molecule has 0 aliphatic heterocycles. The van der Waals surface area contributed by atoms with Gasteiger partial charge < -0.3 is 10.1 Å². The highest BCUT2D eigenvalue weighted by Gasteiger charge is 2.31. The van der Waals surface area contributed by atoms with Crippen molar-refractivity contribution in [3.8, 4) is 0 Å². The number of thiazole rings is 1. The van der Waals surface area contributed by atoms with Crippen molar-refractivity contribution >= 4 is 39.2 Å². The van der Waals surface area contributed by atoms with Crippen molar-refractivity contribution in [2.24, 2.45) is 5.92 Å². The number of hydrogen-bond donors (Lipinski definition) is 3. The minimum absolute atomic E-state index is 0.205. The SMILES string of the molecule is COC(=O)[C@@H](Cc1ccccc1)C(=O)N[C@@H](Cc1ccc(NS(=O)(=O)O)cc1)c1nc2c(s1)CCC2. The molecule has 4 rings (SSSR count). The highest BCUT2D eigenvalue weighted by molar-refractivity contribution is 7.87. The molecule has 0 radical (unpaired) electrons. The molecule has 0 spiro atoms. The van der Waals surface area contributed by atoms with Crippen molar-refractivity contribution in [2.45, 2.75) is 38.1 Å². The number of aromatic nitrogens is 1. The van der Waals surface area contributed by atoms with E-state index >= 15 is 0 Å². The molecule has 0 unspecified atom stereocenters. The van der Waals surface area contributed by atoms with Gasteiger partial charge in [-0.25, -0.2) is 4.98 Å². The molecule has 11 heteroatoms. The van der Waals surface area contributed by atoms with Crippen LogP contribution >= 0.6 is 11.3 Å². The van der Waals surface area contributed by atoms with Gasteiger partial charge in [-0.2, -0.15) is 8.42 Å². The summed E-state index contributed by atoms with van der Waals surface area (Å²) in [6, 6.07) is 15.2. The minimum atomic E-state index is -4.38. The summed E-state index contributed by atoms with van der Waals surface area (Å²) < 4.78 is 38.0. The molecule has 1 amide bonds. The molecule has 0 bridgehead atoms. The molecule has 0 saturated carbocycles. The number of methoxy groups -OCH3 is 1. The van der Waals surface area contributed by atoms with Crippen molar-refractivity contribution in [1.29, 1.82) is 0 Å². The van der Waals surface area contributed by atoms with E-state index in [-0.39, 0.29) is 12.1 Å². The molecule has 1 aliphatic rings. The summed E-state index contributed by atoms with van der Waals surface area (Å²) in [5.74, 6) is -2.08. The Balaban J connectivity index is 1.57. The lowest BCUT2D eigenvalue weighted by molar-refractivity contribution is -0.150. The fourth-order valence-corrected chi connectivity index (χ4v) is 5.84. The molecule has 3 aromatic rings. The molecule has 1 aliphatic carbocycles. The van der Waals surface area contributed by atoms with E-state index in [4.69, 9.17) is 14.3 Å². The number of ether oxygens (including phenoxy) is 1. The summed E-state index contributed by atoms with van der Waals surface area (Å²) in [5.41, 5.74) is 2.92. The molecule has 0 fully saturated rings. The van der Waals surface area contributed by atoms with Crippen LogP contribution in [0.5, 0.6) is 0 Å². The third kappa shape index (κ3) is 6.68. The van der Waals surface area contributed by atoms with Gasteiger partial charge in [0, 0.05) is 4.88 Å². The zero-order chi connectivity index (χ0) is 25.7. The Kier molecular flexibility index (Phi) is 8.02. The second-order valence-corrected chi connectivity index (χ2v) is 10.8. The van der Waals surface area contributed by atoms with E-state index in [1.54, 1.807) is 23.5 Å². The number of carbonyl (C=O) groups excluding carboxylic acids is 2. The van der Waals surface area contributed by atoms with Gasteiger partial charge in [-0.05, 0) is 55.4 Å². The van der Waals surface area contributed by atoms with E-state index in [9.17, 15) is 18.0 Å². The molecule has 1 aromatic heterocycles. The van der Waals surface area contributed by atoms with Crippen LogP contribution in [0.3, 0.4) is 0 Å². The van der Waals surface area contributed by atoms with Gasteiger partial charge in [-0.1, -0.05) is 42.5 Å². The van der Waals surface area contributed by atoms with Crippen LogP contribution in [0, 0.1) is 5.92 Å². The molecule has 2 aromatic carbocycles. The third-order valence-electron chi connectivity index (χ3n) is 5.95. The Morgan fingerprint density at radius 2 is 1.75 bits per heavy atom. The van der Waals surface area contributed by atoms with E-state index in [2.05, 4.69) is 5.32 Å². The second-order valence-electron chi connectivity index (χ2n) is 8.58. The summed E-state index contributed by atoms with van der Waals surface area (Å²) in [7, 11) is -3.11. The number of esters is 1. The Morgan fingerprint density at radius 3 is 2.39 bits per heavy atom. The molecule has 1 heterocycles. The van der Waals surface area contributed by atoms with E-state index < -0.39 is 34.1 Å². The van der Waals surface area contributed by atoms with Crippen LogP contribution < -0.4 is 10.0 Å². The van der Waals surface area contributed by atoms with Crippen molar-refractivity contribution in [3.05, 3.63) is 81.3 Å². The van der Waals surface area contributed by atoms with Gasteiger partial charge in [0.05, 0.1) is 24.5 Å². The lowest BCUT2D eigenvalue weighted by Crippen LogP contribution is -2.40. The monoisotopic (exact) mass is 529 g/mol. The molecule has 0 saturated heterocycles. The smallest absolute Gasteiger partial charge is 0.357 e. The van der Waals surface area contributed by atoms with Crippen LogP contribution in [0.2, 0.25) is 0 Å². The maximum absolute atomic E-state index is 13.4. The van der Waals surface area contributed by atoms with Gasteiger partial charge >= 0.3 is 16.3 Å². The average molecular weight is 530 g/mol. The fraction of sp³-hybridized carbons (Fsp3) is 0.320. The van der Waals surface area contributed by atoms with Crippen LogP contribution in [0.1, 0.15) is 39.2 Å². The zero-order valence-electron chi connectivity index (χ0n) is 19.6. The first kappa shape index (κ1) is 25.8. The molecule has 36 heavy (non-hydrogen) atoms. The van der Waals surface area contributed by atoms with Crippen LogP contribution in [-0.2, 0) is 50.3 Å². The van der Waals surface area contributed by atoms with Crippen molar-refractivity contribution in [3.63, 3.8) is 0 Å². The highest BCUT2D eigenvalue weighted by atomic mass is 32.2. The Hall–Kier alpha value is -3.28. The number of amides is 1. The average Bonchev–Trinajstić information content (AvgIpc) is 3.45. The van der Waals surface area contributed by atoms with Gasteiger partial charge in [0.15, 0.2) is 0 Å². The van der Waals surface area contributed by atoms with Crippen LogP contribution in [0.15, 0.2) is 54.6 Å². The lowest BCUT2D eigenvalue weighted by Gasteiger charge is -2.21. The van der Waals surface area contributed by atoms with Gasteiger partial charge in [0.1, 0.15) is 10.9 Å². The standard InChI is InChI=1S/C25H27N3O6S2/c1-34-25(30)19(14-16-6-3-2-4-7-16)23(29)26-21(24-27-20-8-5-9-22(20)35-24)15-17-10-12-18(13-11-17)28-36(31,32)33/h2-4,6-7,10-13,19,21,28H,5,8-9,14-15H2,1H3,(H,26,29)(H,31,32,33)/t19-,21-/m0/s1. The molecule has 2 atom stereocenters. The summed E-state index contributed by atoms with van der Waals surface area (Å²) in [5, 5.41) is 3.78. The number of nitrogens with zero attached hydrogens (tertiary/aromatic N) is 1. The van der Waals surface area contributed by atoms with Crippen molar-refractivity contribution < 1.29 is 27.3 Å². The first-order valence-electron chi connectivity index (χ1n) is 11.5. The van der Waals surface area contributed by atoms with Gasteiger partial charge in [0.2, 0.25) is 5.91 Å². The Bertz CT molecular complexity index is 1300. The number of anilines is 1. The number of hydrogen-bond acceptors (Lipinski definition) is 7. The Morgan fingerprint density at radius 1 is 1.06 bits per heavy atom. The normalized spacial score (nSPS) is 14.5. The molecule has 9 nitrogen and oxygen atoms in total. The molecule has 190 valence electrons. The van der Waals surface area contributed by atoms with E-state index in [1.807, 2.05) is 35.1 Å². The Labute approximate surface area is 213 Å². The molecular formula is C25H27N3O6S2. The summed E-state index contributed by atoms with van der Waals surface area (Å²) in [4.78, 5) is 31.9. The van der Waals surface area contributed by atoms with E-state index in [0.29, 0.717) is 6.42 Å². The van der Waals surface area contributed by atoms with E-state index in [0.717, 1.165) is 41.1 Å². The largest absolute Gasteiger partial charge is 0.468 e. The van der Waals surface area contributed by atoms with E-state index in [1.165, 1.54) is 24.1 Å². The number of benzene rings is 2. The summed E-state index contributed by atoms with van der Waals surface area (Å²) >= 11 is 1.57. The number of rotatable bonds is 10. The quantitative estimate of drug-likeness (QED) is 0.208. The third-order valence-corrected chi connectivity index (χ3v) is 7.72. The van der Waals surface area contributed by atoms with Crippen molar-refractivity contribution in [2.75, 3.05) is 11.8 Å². The fourth-order valence-electron chi connectivity index (χ4n) is 4.20. The first-order chi connectivity index (χ1) is 17.2. The summed E-state index contributed by atoms with van der Waals surface area (Å²) in [6.45, 7) is 0. The van der Waals surface area contributed by atoms with Crippen LogP contribution in [0.25, 0.3) is 0 Å². The maximum atomic E-state index is 13.4. The van der Waals surface area contributed by atoms with Crippen LogP contribution in [0.4, 0.5) is 5.69 Å². The summed E-state index contributed by atoms with van der Waals surface area (Å²) in [6.07, 6.45) is 3.51. The first-order valence-corrected chi connectivity index (χ1v) is 13.7. The topological polar surface area (TPSA) is 135 Å². The highest BCUT2D eigenvalue weighted by Crippen LogP contribution is 2.32.